The van der Waals surface area contributed by atoms with Crippen molar-refractivity contribution >= 4 is 18.0 Å². The maximum atomic E-state index is 12.5. The number of likely N-dealkylation sites (tertiary alicyclic amines) is 1. The monoisotopic (exact) mass is 398 g/mol. The van der Waals surface area contributed by atoms with E-state index in [1.807, 2.05) is 0 Å². The largest absolute Gasteiger partial charge is 0.463 e. The smallest absolute Gasteiger partial charge is 0.408 e. The lowest BCUT2D eigenvalue weighted by Gasteiger charge is -2.53. The summed E-state index contributed by atoms with van der Waals surface area (Å²) in [6, 6.07) is 0. The topological polar surface area (TPSA) is 94.2 Å². The lowest BCUT2D eigenvalue weighted by Crippen LogP contribution is -2.61. The SMILES string of the molecule is C=CC(=O)OCC(C)(COC(C)=O)NC(=O)OC1CC(C)(C)N(C)C(C)(C)C1. The molecule has 0 bridgehead atoms. The number of alkyl carbamates (subject to hydrolysis) is 1. The molecule has 0 saturated carbocycles. The van der Waals surface area contributed by atoms with Crippen molar-refractivity contribution < 1.29 is 28.6 Å². The molecular weight excluding hydrogens is 364 g/mol. The van der Waals surface area contributed by atoms with Crippen molar-refractivity contribution in [2.45, 2.75) is 77.1 Å². The molecule has 1 amide bonds. The molecule has 1 unspecified atom stereocenters. The second-order valence-electron chi connectivity index (χ2n) is 8.90. The zero-order valence-electron chi connectivity index (χ0n) is 18.1. The third kappa shape index (κ3) is 6.82. The first kappa shape index (κ1) is 23.9. The molecule has 1 atom stereocenters. The van der Waals surface area contributed by atoms with Crippen LogP contribution in [0.3, 0.4) is 0 Å². The van der Waals surface area contributed by atoms with E-state index in [2.05, 4.69) is 51.5 Å². The van der Waals surface area contributed by atoms with E-state index >= 15 is 0 Å². The number of hydrogen-bond donors (Lipinski definition) is 1. The van der Waals surface area contributed by atoms with Crippen molar-refractivity contribution in [2.75, 3.05) is 20.3 Å². The highest BCUT2D eigenvalue weighted by Gasteiger charge is 2.44. The third-order valence-electron chi connectivity index (χ3n) is 5.24. The number of carbonyl (C=O) groups excluding carboxylic acids is 3. The van der Waals surface area contributed by atoms with Crippen LogP contribution in [0.5, 0.6) is 0 Å². The Morgan fingerprint density at radius 2 is 1.64 bits per heavy atom. The second kappa shape index (κ2) is 8.94. The standard InChI is InChI=1S/C20H34N2O6/c1-9-16(24)27-13-20(7,12-26-14(2)23)21-17(25)28-15-10-18(3,4)22(8)19(5,6)11-15/h9,15H,1,10-13H2,2-8H3,(H,21,25). The Balaban J connectivity index is 2.79. The Hall–Kier alpha value is -2.09. The van der Waals surface area contributed by atoms with Gasteiger partial charge in [0.2, 0.25) is 0 Å². The Morgan fingerprint density at radius 1 is 1.14 bits per heavy atom. The highest BCUT2D eigenvalue weighted by Crippen LogP contribution is 2.38. The maximum absolute atomic E-state index is 12.5. The first-order valence-corrected chi connectivity index (χ1v) is 9.36. The van der Waals surface area contributed by atoms with Gasteiger partial charge in [-0.1, -0.05) is 6.58 Å². The van der Waals surface area contributed by atoms with E-state index in [1.165, 1.54) is 6.92 Å². The van der Waals surface area contributed by atoms with Crippen molar-refractivity contribution in [3.05, 3.63) is 12.7 Å². The molecule has 1 heterocycles. The molecular formula is C20H34N2O6. The van der Waals surface area contributed by atoms with Gasteiger partial charge in [-0.05, 0) is 41.7 Å². The van der Waals surface area contributed by atoms with E-state index in [-0.39, 0.29) is 30.4 Å². The van der Waals surface area contributed by atoms with Gasteiger partial charge in [0.15, 0.2) is 0 Å². The van der Waals surface area contributed by atoms with Crippen LogP contribution in [0, 0.1) is 0 Å². The Morgan fingerprint density at radius 3 is 2.11 bits per heavy atom. The summed E-state index contributed by atoms with van der Waals surface area (Å²) < 4.78 is 15.7. The minimum Gasteiger partial charge on any atom is -0.463 e. The highest BCUT2D eigenvalue weighted by atomic mass is 16.6. The summed E-state index contributed by atoms with van der Waals surface area (Å²) in [5.41, 5.74) is -1.39. The van der Waals surface area contributed by atoms with Gasteiger partial charge in [-0.2, -0.15) is 0 Å². The van der Waals surface area contributed by atoms with Crippen LogP contribution in [0.1, 0.15) is 54.4 Å². The summed E-state index contributed by atoms with van der Waals surface area (Å²) in [5, 5.41) is 2.68. The molecule has 1 rings (SSSR count). The number of nitrogens with zero attached hydrogens (tertiary/aromatic N) is 1. The van der Waals surface area contributed by atoms with Gasteiger partial charge >= 0.3 is 18.0 Å². The van der Waals surface area contributed by atoms with Crippen LogP contribution in [-0.2, 0) is 23.8 Å². The Bertz CT molecular complexity index is 598. The van der Waals surface area contributed by atoms with E-state index in [1.54, 1.807) is 6.92 Å². The lowest BCUT2D eigenvalue weighted by molar-refractivity contribution is -0.146. The predicted octanol–water partition coefficient (Wildman–Crippen LogP) is 2.42. The zero-order valence-corrected chi connectivity index (χ0v) is 18.1. The molecule has 0 aromatic heterocycles. The van der Waals surface area contributed by atoms with Crippen LogP contribution < -0.4 is 5.32 Å². The van der Waals surface area contributed by atoms with E-state index < -0.39 is 23.6 Å². The summed E-state index contributed by atoms with van der Waals surface area (Å²) in [6.07, 6.45) is 1.48. The molecule has 1 N–H and O–H groups in total. The van der Waals surface area contributed by atoms with Gasteiger partial charge < -0.3 is 19.5 Å². The van der Waals surface area contributed by atoms with Crippen molar-refractivity contribution in [1.82, 2.24) is 10.2 Å². The van der Waals surface area contributed by atoms with Gasteiger partial charge in [0, 0.05) is 36.9 Å². The van der Waals surface area contributed by atoms with Gasteiger partial charge in [0.05, 0.1) is 0 Å². The van der Waals surface area contributed by atoms with Crippen LogP contribution in [-0.4, -0.2) is 65.9 Å². The molecule has 8 heteroatoms. The number of hydrogen-bond acceptors (Lipinski definition) is 7. The predicted molar refractivity (Wildman–Crippen MR) is 105 cm³/mol. The van der Waals surface area contributed by atoms with Gasteiger partial charge in [-0.15, -0.1) is 0 Å². The normalized spacial score (nSPS) is 21.1. The van der Waals surface area contributed by atoms with E-state index in [0.717, 1.165) is 6.08 Å². The summed E-state index contributed by atoms with van der Waals surface area (Å²) in [5.74, 6) is -1.14. The zero-order chi connectivity index (χ0) is 21.8. The molecule has 0 radical (unpaired) electrons. The molecule has 160 valence electrons. The second-order valence-corrected chi connectivity index (χ2v) is 8.90. The molecule has 1 aliphatic rings. The fourth-order valence-corrected chi connectivity index (χ4v) is 3.45. The molecule has 0 aromatic carbocycles. The van der Waals surface area contributed by atoms with Crippen molar-refractivity contribution in [2.24, 2.45) is 0 Å². The van der Waals surface area contributed by atoms with Crippen molar-refractivity contribution in [3.8, 4) is 0 Å². The summed E-state index contributed by atoms with van der Waals surface area (Å²) in [6.45, 7) is 14.3. The van der Waals surface area contributed by atoms with Gasteiger partial charge in [0.25, 0.3) is 0 Å². The molecule has 1 fully saturated rings. The summed E-state index contributed by atoms with van der Waals surface area (Å²) in [7, 11) is 2.07. The number of piperidine rings is 1. The average Bonchev–Trinajstić information content (AvgIpc) is 2.55. The number of amides is 1. The molecule has 0 aromatic rings. The van der Waals surface area contributed by atoms with E-state index in [4.69, 9.17) is 14.2 Å². The minimum atomic E-state index is -1.13. The quantitative estimate of drug-likeness (QED) is 0.400. The van der Waals surface area contributed by atoms with Crippen LogP contribution in [0.25, 0.3) is 0 Å². The number of ether oxygens (including phenoxy) is 3. The van der Waals surface area contributed by atoms with Crippen LogP contribution >= 0.6 is 0 Å². The number of carbonyl (C=O) groups is 3. The van der Waals surface area contributed by atoms with Crippen molar-refractivity contribution in [1.29, 1.82) is 0 Å². The number of esters is 2. The molecule has 0 aliphatic carbocycles. The number of nitrogens with one attached hydrogen (secondary N) is 1. The molecule has 1 saturated heterocycles. The molecule has 8 nitrogen and oxygen atoms in total. The lowest BCUT2D eigenvalue weighted by atomic mass is 9.79. The van der Waals surface area contributed by atoms with Crippen molar-refractivity contribution in [3.63, 3.8) is 0 Å². The third-order valence-corrected chi connectivity index (χ3v) is 5.24. The van der Waals surface area contributed by atoms with Crippen LogP contribution in [0.4, 0.5) is 4.79 Å². The first-order chi connectivity index (χ1) is 12.7. The molecule has 1 aliphatic heterocycles. The molecule has 0 spiro atoms. The Labute approximate surface area is 167 Å². The first-order valence-electron chi connectivity index (χ1n) is 9.36. The highest BCUT2D eigenvalue weighted by molar-refractivity contribution is 5.81. The fourth-order valence-electron chi connectivity index (χ4n) is 3.45. The van der Waals surface area contributed by atoms with E-state index in [0.29, 0.717) is 12.8 Å². The fraction of sp³-hybridized carbons (Fsp3) is 0.750. The summed E-state index contributed by atoms with van der Waals surface area (Å²) >= 11 is 0. The van der Waals surface area contributed by atoms with Crippen LogP contribution in [0.15, 0.2) is 12.7 Å². The van der Waals surface area contributed by atoms with E-state index in [9.17, 15) is 14.4 Å². The average molecular weight is 399 g/mol. The Kier molecular flexibility index (Phi) is 7.65. The maximum Gasteiger partial charge on any atom is 0.408 e. The van der Waals surface area contributed by atoms with Gasteiger partial charge in [-0.3, -0.25) is 9.69 Å². The molecule has 28 heavy (non-hydrogen) atoms. The van der Waals surface area contributed by atoms with Crippen LogP contribution in [0.2, 0.25) is 0 Å². The van der Waals surface area contributed by atoms with Gasteiger partial charge in [-0.25, -0.2) is 9.59 Å². The number of rotatable bonds is 7. The summed E-state index contributed by atoms with van der Waals surface area (Å²) in [4.78, 5) is 37.4. The minimum absolute atomic E-state index is 0.132. The van der Waals surface area contributed by atoms with Gasteiger partial charge in [0.1, 0.15) is 24.9 Å².